The number of nitrogen functional groups attached to an aromatic ring is 1. The first-order chi connectivity index (χ1) is 36.0. The van der Waals surface area contributed by atoms with Gasteiger partial charge in [-0.25, -0.2) is 14.6 Å². The highest BCUT2D eigenvalue weighted by molar-refractivity contribution is 6.31. The minimum atomic E-state index is -0.516. The van der Waals surface area contributed by atoms with Crippen molar-refractivity contribution in [1.82, 2.24) is 24.6 Å². The number of methoxy groups -OCH3 is 1. The Morgan fingerprint density at radius 3 is 1.51 bits per heavy atom. The van der Waals surface area contributed by atoms with Crippen molar-refractivity contribution >= 4 is 64.5 Å². The predicted molar refractivity (Wildman–Crippen MR) is 300 cm³/mol. The van der Waals surface area contributed by atoms with Gasteiger partial charge in [0.05, 0.1) is 12.2 Å². The van der Waals surface area contributed by atoms with Gasteiger partial charge in [-0.15, -0.1) is 0 Å². The quantitative estimate of drug-likeness (QED) is 0.145. The lowest BCUT2D eigenvalue weighted by Crippen LogP contribution is -2.46. The van der Waals surface area contributed by atoms with Gasteiger partial charge in [0.25, 0.3) is 0 Å². The third-order valence-corrected chi connectivity index (χ3v) is 15.2. The van der Waals surface area contributed by atoms with E-state index >= 15 is 0 Å². The predicted octanol–water partition coefficient (Wildman–Crippen LogP) is 12.3. The van der Waals surface area contributed by atoms with Crippen LogP contribution in [-0.4, -0.2) is 124 Å². The highest BCUT2D eigenvalue weighted by Crippen LogP contribution is 2.36. The maximum absolute atomic E-state index is 13.2. The van der Waals surface area contributed by atoms with E-state index in [4.69, 9.17) is 54.7 Å². The van der Waals surface area contributed by atoms with Crippen molar-refractivity contribution in [3.63, 3.8) is 0 Å². The molecule has 0 radical (unpaired) electrons. The van der Waals surface area contributed by atoms with Gasteiger partial charge in [-0.2, -0.15) is 0 Å². The number of anilines is 1. The maximum atomic E-state index is 13.2. The second kappa shape index (κ2) is 28.1. The van der Waals surface area contributed by atoms with Crippen molar-refractivity contribution in [2.45, 2.75) is 123 Å². The number of carbonyl (C=O) groups excluding carboxylic acids is 4. The number of ether oxygens (including phenoxy) is 3. The van der Waals surface area contributed by atoms with Gasteiger partial charge in [-0.05, 0) is 195 Å². The normalized spacial score (nSPS) is 18.3. The summed E-state index contributed by atoms with van der Waals surface area (Å²) in [5.74, 6) is 1.68. The standard InChI is InChI=1S/C25H33ClN4O2.C17H24ClNO3.C17H22ClNO3/c1-32-24(19-2-4-22(26)5-3-19)20-9-14-30(15-10-20)25(31)21-7-12-29(13-8-21)17-18-6-11-28-23(27)16-18;2*1-17(2,3)22-16(21)19-10-8-13(9-11-19)15(20)12-4-6-14(18)7-5-12/h2-6,11,16,20-21,24H,7-10,12-15,17H2,1H3,(H2,27,28);4-7,13,15,20H,8-11H2,1-3H3;4-7,13H,8-11H2,1-3H3. The Hall–Kier alpha value is -4.96. The Bertz CT molecular complexity index is 2470. The molecule has 414 valence electrons. The molecule has 76 heavy (non-hydrogen) atoms. The first-order valence-electron chi connectivity index (χ1n) is 26.7. The molecule has 2 unspecified atom stereocenters. The van der Waals surface area contributed by atoms with Crippen molar-refractivity contribution in [2.75, 3.05) is 65.2 Å². The van der Waals surface area contributed by atoms with Gasteiger partial charge in [0.2, 0.25) is 5.91 Å². The maximum Gasteiger partial charge on any atom is 0.410 e. The van der Waals surface area contributed by atoms with E-state index in [0.717, 1.165) is 87.4 Å². The lowest BCUT2D eigenvalue weighted by Gasteiger charge is -2.39. The van der Waals surface area contributed by atoms with Crippen LogP contribution in [0.3, 0.4) is 0 Å². The number of rotatable bonds is 10. The van der Waals surface area contributed by atoms with E-state index in [-0.39, 0.29) is 41.8 Å². The molecular formula is C59H79Cl3N6O8. The molecule has 14 nitrogen and oxygen atoms in total. The van der Waals surface area contributed by atoms with Gasteiger partial charge < -0.3 is 39.8 Å². The monoisotopic (exact) mass is 1100 g/mol. The third kappa shape index (κ3) is 18.6. The molecule has 0 saturated carbocycles. The second-order valence-electron chi connectivity index (χ2n) is 22.4. The lowest BCUT2D eigenvalue weighted by molar-refractivity contribution is -0.139. The van der Waals surface area contributed by atoms with Gasteiger partial charge in [0.15, 0.2) is 5.78 Å². The summed E-state index contributed by atoms with van der Waals surface area (Å²) >= 11 is 17.7. The molecule has 0 spiro atoms. The molecule has 4 fully saturated rings. The van der Waals surface area contributed by atoms with Gasteiger partial charge >= 0.3 is 12.2 Å². The molecule has 0 aliphatic carbocycles. The van der Waals surface area contributed by atoms with Crippen molar-refractivity contribution < 1.29 is 38.5 Å². The number of hydrogen-bond acceptors (Lipinski definition) is 11. The summed E-state index contributed by atoms with van der Waals surface area (Å²) in [7, 11) is 1.77. The minimum absolute atomic E-state index is 0.0418. The van der Waals surface area contributed by atoms with Gasteiger partial charge in [0, 0.05) is 91.6 Å². The first-order valence-corrected chi connectivity index (χ1v) is 27.9. The largest absolute Gasteiger partial charge is 0.444 e. The Morgan fingerprint density at radius 1 is 0.605 bits per heavy atom. The number of aromatic nitrogens is 1. The highest BCUT2D eigenvalue weighted by Gasteiger charge is 2.35. The van der Waals surface area contributed by atoms with Crippen LogP contribution >= 0.6 is 34.8 Å². The number of nitrogens with two attached hydrogens (primary N) is 1. The Balaban J connectivity index is 0.000000191. The van der Waals surface area contributed by atoms with Crippen LogP contribution in [-0.2, 0) is 25.5 Å². The zero-order valence-corrected chi connectivity index (χ0v) is 47.7. The number of aliphatic hydroxyl groups is 1. The van der Waals surface area contributed by atoms with E-state index < -0.39 is 17.3 Å². The number of halogens is 3. The van der Waals surface area contributed by atoms with Crippen LogP contribution in [0.2, 0.25) is 15.1 Å². The molecule has 3 aromatic carbocycles. The van der Waals surface area contributed by atoms with E-state index in [0.29, 0.717) is 72.3 Å². The summed E-state index contributed by atoms with van der Waals surface area (Å²) in [5, 5.41) is 12.5. The van der Waals surface area contributed by atoms with E-state index in [1.54, 1.807) is 59.5 Å². The Kier molecular flexibility index (Phi) is 22.3. The Morgan fingerprint density at radius 2 is 1.04 bits per heavy atom. The summed E-state index contributed by atoms with van der Waals surface area (Å²) < 4.78 is 16.6. The van der Waals surface area contributed by atoms with Crippen LogP contribution in [0.5, 0.6) is 0 Å². The first kappa shape index (κ1) is 60.3. The number of hydrogen-bond donors (Lipinski definition) is 2. The van der Waals surface area contributed by atoms with Crippen molar-refractivity contribution in [2.24, 2.45) is 23.7 Å². The molecule has 2 atom stereocenters. The summed E-state index contributed by atoms with van der Waals surface area (Å²) in [5.41, 5.74) is 8.71. The summed E-state index contributed by atoms with van der Waals surface area (Å²) in [4.78, 5) is 61.6. The lowest BCUT2D eigenvalue weighted by atomic mass is 9.86. The molecule has 3 N–H and O–H groups in total. The number of Topliss-reactive ketones (excluding diaryl/α,β-unsaturated/α-hetero) is 1. The van der Waals surface area contributed by atoms with Crippen LogP contribution in [0.25, 0.3) is 0 Å². The molecule has 4 aromatic rings. The number of amides is 3. The molecular weight excluding hydrogens is 1030 g/mol. The van der Waals surface area contributed by atoms with Crippen LogP contribution in [0.15, 0.2) is 91.1 Å². The average molecular weight is 1110 g/mol. The van der Waals surface area contributed by atoms with Gasteiger partial charge in [0.1, 0.15) is 17.0 Å². The van der Waals surface area contributed by atoms with E-state index in [1.807, 2.05) is 90.1 Å². The van der Waals surface area contributed by atoms with Gasteiger partial charge in [-0.1, -0.05) is 59.1 Å². The zero-order chi connectivity index (χ0) is 55.2. The van der Waals surface area contributed by atoms with Crippen LogP contribution < -0.4 is 5.73 Å². The van der Waals surface area contributed by atoms with Crippen LogP contribution in [0.1, 0.15) is 132 Å². The zero-order valence-electron chi connectivity index (χ0n) is 45.4. The topological polar surface area (TPSA) is 168 Å². The average Bonchev–Trinajstić information content (AvgIpc) is 3.39. The number of nitrogens with zero attached hydrogens (tertiary/aromatic N) is 5. The van der Waals surface area contributed by atoms with Crippen molar-refractivity contribution in [1.29, 1.82) is 0 Å². The molecule has 5 heterocycles. The summed E-state index contributed by atoms with van der Waals surface area (Å²) in [6.07, 6.45) is 7.36. The Labute approximate surface area is 465 Å². The number of ketones is 1. The number of piperidine rings is 4. The molecule has 4 aliphatic heterocycles. The van der Waals surface area contributed by atoms with Crippen molar-refractivity contribution in [3.8, 4) is 0 Å². The molecule has 1 aromatic heterocycles. The second-order valence-corrected chi connectivity index (χ2v) is 23.7. The number of benzene rings is 3. The summed E-state index contributed by atoms with van der Waals surface area (Å²) in [6.45, 7) is 17.8. The number of pyridine rings is 1. The minimum Gasteiger partial charge on any atom is -0.444 e. The molecule has 17 heteroatoms. The molecule has 4 aliphatic rings. The van der Waals surface area contributed by atoms with Crippen LogP contribution in [0, 0.1) is 23.7 Å². The number of aliphatic hydroxyl groups excluding tert-OH is 1. The highest BCUT2D eigenvalue weighted by atomic mass is 35.5. The molecule has 0 bridgehead atoms. The van der Waals surface area contributed by atoms with Gasteiger partial charge in [-0.3, -0.25) is 14.5 Å². The van der Waals surface area contributed by atoms with E-state index in [1.165, 1.54) is 5.56 Å². The molecule has 3 amide bonds. The van der Waals surface area contributed by atoms with E-state index in [9.17, 15) is 24.3 Å². The SMILES string of the molecule is CC(C)(C)OC(=O)N1CCC(C(=O)c2ccc(Cl)cc2)CC1.CC(C)(C)OC(=O)N1CCC(C(O)c2ccc(Cl)cc2)CC1.COC(c1ccc(Cl)cc1)C1CCN(C(=O)C2CCN(Cc3ccnc(N)c3)CC2)CC1. The fraction of sp³-hybridized carbons (Fsp3) is 0.542. The van der Waals surface area contributed by atoms with Crippen LogP contribution in [0.4, 0.5) is 15.4 Å². The summed E-state index contributed by atoms with van der Waals surface area (Å²) in [6, 6.07) is 26.1. The molecule has 8 rings (SSSR count). The van der Waals surface area contributed by atoms with E-state index in [2.05, 4.69) is 14.8 Å². The third-order valence-electron chi connectivity index (χ3n) is 14.4. The fourth-order valence-electron chi connectivity index (χ4n) is 10.3. The molecule has 4 saturated heterocycles. The smallest absolute Gasteiger partial charge is 0.410 e. The fourth-order valence-corrected chi connectivity index (χ4v) is 10.7. The number of likely N-dealkylation sites (tertiary alicyclic amines) is 4. The number of carbonyl (C=O) groups is 4. The van der Waals surface area contributed by atoms with Crippen molar-refractivity contribution in [3.05, 3.63) is 128 Å².